The van der Waals surface area contributed by atoms with E-state index in [-0.39, 0.29) is 5.91 Å². The number of nitrogens with one attached hydrogen (secondary N) is 2. The van der Waals surface area contributed by atoms with Gasteiger partial charge in [0, 0.05) is 35.3 Å². The second-order valence-corrected chi connectivity index (χ2v) is 7.67. The van der Waals surface area contributed by atoms with Gasteiger partial charge in [-0.3, -0.25) is 4.79 Å². The minimum Gasteiger partial charge on any atom is -0.411 e. The zero-order chi connectivity index (χ0) is 17.8. The van der Waals surface area contributed by atoms with E-state index in [1.54, 1.807) is 0 Å². The molecule has 1 aliphatic carbocycles. The van der Waals surface area contributed by atoms with Gasteiger partial charge in [-0.15, -0.1) is 10.2 Å². The first kappa shape index (κ1) is 17.1. The van der Waals surface area contributed by atoms with Gasteiger partial charge in [-0.1, -0.05) is 49.2 Å². The predicted molar refractivity (Wildman–Crippen MR) is 102 cm³/mol. The monoisotopic (exact) mass is 370 g/mol. The van der Waals surface area contributed by atoms with Crippen molar-refractivity contribution in [2.75, 3.05) is 5.75 Å². The van der Waals surface area contributed by atoms with Crippen LogP contribution in [0.15, 0.2) is 40.1 Å². The molecule has 1 aliphatic rings. The Balaban J connectivity index is 1.30. The summed E-state index contributed by atoms with van der Waals surface area (Å²) < 4.78 is 5.76. The van der Waals surface area contributed by atoms with Crippen LogP contribution in [0.2, 0.25) is 0 Å². The van der Waals surface area contributed by atoms with Gasteiger partial charge in [-0.25, -0.2) is 0 Å². The van der Waals surface area contributed by atoms with E-state index in [9.17, 15) is 4.79 Å². The van der Waals surface area contributed by atoms with Gasteiger partial charge in [0.15, 0.2) is 0 Å². The molecule has 7 heteroatoms. The first-order valence-corrected chi connectivity index (χ1v) is 10.1. The summed E-state index contributed by atoms with van der Waals surface area (Å²) in [5.74, 6) is 1.24. The molecule has 0 spiro atoms. The molecule has 26 heavy (non-hydrogen) atoms. The van der Waals surface area contributed by atoms with E-state index in [0.29, 0.717) is 29.3 Å². The molecule has 3 aromatic rings. The van der Waals surface area contributed by atoms with E-state index < -0.39 is 0 Å². The number of amides is 1. The van der Waals surface area contributed by atoms with Crippen LogP contribution in [0.5, 0.6) is 0 Å². The van der Waals surface area contributed by atoms with Crippen LogP contribution in [-0.4, -0.2) is 32.9 Å². The quantitative estimate of drug-likeness (QED) is 0.637. The smallest absolute Gasteiger partial charge is 0.276 e. The maximum absolute atomic E-state index is 12.0. The second kappa shape index (κ2) is 7.95. The Morgan fingerprint density at radius 3 is 2.96 bits per heavy atom. The van der Waals surface area contributed by atoms with Gasteiger partial charge in [0.05, 0.1) is 5.56 Å². The lowest BCUT2D eigenvalue weighted by atomic mass is 9.95. The Hall–Kier alpha value is -2.28. The molecule has 136 valence electrons. The van der Waals surface area contributed by atoms with Gasteiger partial charge < -0.3 is 14.7 Å². The zero-order valence-corrected chi connectivity index (χ0v) is 15.3. The van der Waals surface area contributed by atoms with Gasteiger partial charge in [0.1, 0.15) is 0 Å². The van der Waals surface area contributed by atoms with Crippen LogP contribution in [0, 0.1) is 0 Å². The third kappa shape index (κ3) is 3.93. The van der Waals surface area contributed by atoms with Crippen molar-refractivity contribution in [3.8, 4) is 11.5 Å². The standard InChI is InChI=1S/C19H22N4O2S/c24-17(21-13-6-2-1-3-7-13)10-11-26-19-23-22-18(25-19)15-12-20-16-9-5-4-8-14(15)16/h4-5,8-9,12-13,20H,1-3,6-7,10-11H2,(H,21,24). The van der Waals surface area contributed by atoms with Crippen molar-refractivity contribution in [3.05, 3.63) is 30.5 Å². The van der Waals surface area contributed by atoms with E-state index in [1.807, 2.05) is 30.5 Å². The van der Waals surface area contributed by atoms with Crippen molar-refractivity contribution < 1.29 is 9.21 Å². The fourth-order valence-corrected chi connectivity index (χ4v) is 4.10. The number of aromatic amines is 1. The lowest BCUT2D eigenvalue weighted by molar-refractivity contribution is -0.121. The van der Waals surface area contributed by atoms with Gasteiger partial charge in [0.2, 0.25) is 5.91 Å². The van der Waals surface area contributed by atoms with Gasteiger partial charge in [-0.2, -0.15) is 0 Å². The van der Waals surface area contributed by atoms with Gasteiger partial charge >= 0.3 is 0 Å². The Bertz CT molecular complexity index is 882. The van der Waals surface area contributed by atoms with Crippen molar-refractivity contribution >= 4 is 28.6 Å². The fourth-order valence-electron chi connectivity index (χ4n) is 3.40. The molecule has 2 heterocycles. The Morgan fingerprint density at radius 1 is 1.23 bits per heavy atom. The molecule has 0 aliphatic heterocycles. The number of aromatic nitrogens is 3. The number of rotatable bonds is 6. The first-order valence-electron chi connectivity index (χ1n) is 9.12. The number of para-hydroxylation sites is 1. The van der Waals surface area contributed by atoms with Crippen molar-refractivity contribution in [3.63, 3.8) is 0 Å². The number of carbonyl (C=O) groups excluding carboxylic acids is 1. The number of nitrogens with zero attached hydrogens (tertiary/aromatic N) is 2. The van der Waals surface area contributed by atoms with E-state index in [2.05, 4.69) is 20.5 Å². The third-order valence-corrected chi connectivity index (χ3v) is 5.57. The average Bonchev–Trinajstić information content (AvgIpc) is 3.29. The largest absolute Gasteiger partial charge is 0.411 e. The highest BCUT2D eigenvalue weighted by Gasteiger charge is 2.16. The predicted octanol–water partition coefficient (Wildman–Crippen LogP) is 4.15. The van der Waals surface area contributed by atoms with Crippen LogP contribution in [0.1, 0.15) is 38.5 Å². The number of thioether (sulfide) groups is 1. The molecule has 1 aromatic carbocycles. The molecule has 4 rings (SSSR count). The second-order valence-electron chi connectivity index (χ2n) is 6.62. The molecule has 2 N–H and O–H groups in total. The van der Waals surface area contributed by atoms with Crippen LogP contribution in [0.3, 0.4) is 0 Å². The van der Waals surface area contributed by atoms with Crippen molar-refractivity contribution in [2.24, 2.45) is 0 Å². The third-order valence-electron chi connectivity index (χ3n) is 4.75. The molecule has 1 saturated carbocycles. The summed E-state index contributed by atoms with van der Waals surface area (Å²) in [5, 5.41) is 12.9. The summed E-state index contributed by atoms with van der Waals surface area (Å²) in [6, 6.07) is 8.36. The van der Waals surface area contributed by atoms with Crippen molar-refractivity contribution in [1.29, 1.82) is 0 Å². The van der Waals surface area contributed by atoms with Crippen molar-refractivity contribution in [1.82, 2.24) is 20.5 Å². The highest BCUT2D eigenvalue weighted by Crippen LogP contribution is 2.29. The fraction of sp³-hybridized carbons (Fsp3) is 0.421. The van der Waals surface area contributed by atoms with E-state index in [1.165, 1.54) is 31.0 Å². The van der Waals surface area contributed by atoms with Crippen LogP contribution in [-0.2, 0) is 4.79 Å². The van der Waals surface area contributed by atoms with E-state index in [4.69, 9.17) is 4.42 Å². The molecule has 2 aromatic heterocycles. The van der Waals surface area contributed by atoms with Crippen LogP contribution < -0.4 is 5.32 Å². The normalized spacial score (nSPS) is 15.4. The van der Waals surface area contributed by atoms with Crippen LogP contribution >= 0.6 is 11.8 Å². The SMILES string of the molecule is O=C(CCSc1nnc(-c2c[nH]c3ccccc23)o1)NC1CCCCC1. The average molecular weight is 370 g/mol. The number of H-pyrrole nitrogens is 1. The van der Waals surface area contributed by atoms with Crippen molar-refractivity contribution in [2.45, 2.75) is 49.8 Å². The summed E-state index contributed by atoms with van der Waals surface area (Å²) in [7, 11) is 0. The van der Waals surface area contributed by atoms with E-state index in [0.717, 1.165) is 29.3 Å². The summed E-state index contributed by atoms with van der Waals surface area (Å²) in [6.07, 6.45) is 8.29. The number of benzene rings is 1. The summed E-state index contributed by atoms with van der Waals surface area (Å²) in [6.45, 7) is 0. The summed E-state index contributed by atoms with van der Waals surface area (Å²) in [4.78, 5) is 15.2. The Kier molecular flexibility index (Phi) is 5.24. The molecule has 0 atom stereocenters. The van der Waals surface area contributed by atoms with E-state index >= 15 is 0 Å². The van der Waals surface area contributed by atoms with Crippen LogP contribution in [0.25, 0.3) is 22.4 Å². The minimum absolute atomic E-state index is 0.112. The zero-order valence-electron chi connectivity index (χ0n) is 14.5. The maximum atomic E-state index is 12.0. The molecular formula is C19H22N4O2S. The molecule has 0 radical (unpaired) electrons. The number of fused-ring (bicyclic) bond motifs is 1. The molecule has 1 fully saturated rings. The maximum Gasteiger partial charge on any atom is 0.276 e. The topological polar surface area (TPSA) is 83.8 Å². The number of hydrogen-bond donors (Lipinski definition) is 2. The van der Waals surface area contributed by atoms with Crippen LogP contribution in [0.4, 0.5) is 0 Å². The lowest BCUT2D eigenvalue weighted by Crippen LogP contribution is -2.36. The molecule has 0 unspecified atom stereocenters. The Labute approximate surface area is 156 Å². The molecule has 0 saturated heterocycles. The molecule has 0 bridgehead atoms. The highest BCUT2D eigenvalue weighted by molar-refractivity contribution is 7.99. The summed E-state index contributed by atoms with van der Waals surface area (Å²) >= 11 is 1.42. The van der Waals surface area contributed by atoms with Gasteiger partial charge in [-0.05, 0) is 18.9 Å². The molecular weight excluding hydrogens is 348 g/mol. The molecule has 1 amide bonds. The first-order chi connectivity index (χ1) is 12.8. The number of carbonyl (C=O) groups is 1. The summed E-state index contributed by atoms with van der Waals surface area (Å²) in [5.41, 5.74) is 1.93. The minimum atomic E-state index is 0.112. The lowest BCUT2D eigenvalue weighted by Gasteiger charge is -2.22. The Morgan fingerprint density at radius 2 is 2.08 bits per heavy atom. The molecule has 6 nitrogen and oxygen atoms in total. The number of hydrogen-bond acceptors (Lipinski definition) is 5. The van der Waals surface area contributed by atoms with Gasteiger partial charge in [0.25, 0.3) is 11.1 Å². The highest BCUT2D eigenvalue weighted by atomic mass is 32.2.